The molecule has 27 heavy (non-hydrogen) atoms. The van der Waals surface area contributed by atoms with Gasteiger partial charge >= 0.3 is 0 Å². The van der Waals surface area contributed by atoms with Crippen LogP contribution < -0.4 is 14.4 Å². The van der Waals surface area contributed by atoms with E-state index < -0.39 is 0 Å². The number of nitrogens with zero attached hydrogens (tertiary/aromatic N) is 2. The number of rotatable bonds is 6. The van der Waals surface area contributed by atoms with Gasteiger partial charge in [0.05, 0.1) is 14.2 Å². The highest BCUT2D eigenvalue weighted by Crippen LogP contribution is 2.26. The van der Waals surface area contributed by atoms with Gasteiger partial charge in [0.1, 0.15) is 11.5 Å². The Morgan fingerprint density at radius 3 is 2.11 bits per heavy atom. The third kappa shape index (κ3) is 4.38. The van der Waals surface area contributed by atoms with Gasteiger partial charge in [0, 0.05) is 38.4 Å². The summed E-state index contributed by atoms with van der Waals surface area (Å²) in [7, 11) is 3.47. The average molecular weight is 369 g/mol. The van der Waals surface area contributed by atoms with Gasteiger partial charge < -0.3 is 14.4 Å². The molecule has 2 aromatic rings. The predicted octanol–water partition coefficient (Wildman–Crippen LogP) is 3.99. The molecule has 0 N–H and O–H groups in total. The normalized spacial score (nSPS) is 15.1. The van der Waals surface area contributed by atoms with Gasteiger partial charge in [-0.2, -0.15) is 0 Å². The summed E-state index contributed by atoms with van der Waals surface area (Å²) in [5.41, 5.74) is 6.55. The molecule has 2 aromatic carbocycles. The lowest BCUT2D eigenvalue weighted by atomic mass is 9.99. The number of methoxy groups -OCH3 is 2. The molecule has 0 bridgehead atoms. The number of aryl methyl sites for hydroxylation is 1. The van der Waals surface area contributed by atoms with Crippen molar-refractivity contribution in [3.05, 3.63) is 52.6 Å². The van der Waals surface area contributed by atoms with Crippen molar-refractivity contribution in [3.63, 3.8) is 0 Å². The molecule has 4 heteroatoms. The standard InChI is InChI=1S/C23H32N2O2/c1-17-16-21(7-9-22(17)26-4)25-14-12-24(13-15-25)11-10-20-6-8-23(27-5)19(3)18(20)2/h6-9,16H,10-15H2,1-5H3. The number of piperazine rings is 1. The molecule has 0 atom stereocenters. The van der Waals surface area contributed by atoms with E-state index in [0.717, 1.165) is 50.6 Å². The van der Waals surface area contributed by atoms with Crippen LogP contribution in [0.2, 0.25) is 0 Å². The number of anilines is 1. The lowest BCUT2D eigenvalue weighted by Crippen LogP contribution is -2.47. The van der Waals surface area contributed by atoms with E-state index in [1.54, 1.807) is 14.2 Å². The Morgan fingerprint density at radius 1 is 0.815 bits per heavy atom. The van der Waals surface area contributed by atoms with E-state index in [9.17, 15) is 0 Å². The number of benzene rings is 2. The van der Waals surface area contributed by atoms with Crippen LogP contribution in [-0.2, 0) is 6.42 Å². The number of hydrogen-bond donors (Lipinski definition) is 0. The van der Waals surface area contributed by atoms with Gasteiger partial charge in [-0.25, -0.2) is 0 Å². The van der Waals surface area contributed by atoms with Crippen LogP contribution >= 0.6 is 0 Å². The second-order valence-electron chi connectivity index (χ2n) is 7.41. The Balaban J connectivity index is 1.54. The summed E-state index contributed by atoms with van der Waals surface area (Å²) in [5, 5.41) is 0. The lowest BCUT2D eigenvalue weighted by Gasteiger charge is -2.36. The summed E-state index contributed by atoms with van der Waals surface area (Å²) in [6.07, 6.45) is 1.10. The summed E-state index contributed by atoms with van der Waals surface area (Å²) in [6.45, 7) is 11.9. The molecule has 1 aliphatic rings. The van der Waals surface area contributed by atoms with E-state index in [-0.39, 0.29) is 0 Å². The first-order chi connectivity index (χ1) is 13.0. The Labute approximate surface area is 163 Å². The summed E-state index contributed by atoms with van der Waals surface area (Å²) in [4.78, 5) is 5.05. The predicted molar refractivity (Wildman–Crippen MR) is 113 cm³/mol. The second kappa shape index (κ2) is 8.66. The molecule has 0 spiro atoms. The van der Waals surface area contributed by atoms with Gasteiger partial charge in [-0.1, -0.05) is 6.07 Å². The zero-order valence-electron chi connectivity index (χ0n) is 17.3. The summed E-state index contributed by atoms with van der Waals surface area (Å²) in [5.74, 6) is 1.95. The van der Waals surface area contributed by atoms with Crippen molar-refractivity contribution < 1.29 is 9.47 Å². The number of ether oxygens (including phenoxy) is 2. The van der Waals surface area contributed by atoms with Gasteiger partial charge in [-0.05, 0) is 73.7 Å². The van der Waals surface area contributed by atoms with Crippen molar-refractivity contribution in [2.24, 2.45) is 0 Å². The van der Waals surface area contributed by atoms with Gasteiger partial charge in [-0.15, -0.1) is 0 Å². The first-order valence-corrected chi connectivity index (χ1v) is 9.78. The van der Waals surface area contributed by atoms with Crippen LogP contribution in [0.1, 0.15) is 22.3 Å². The van der Waals surface area contributed by atoms with E-state index >= 15 is 0 Å². The van der Waals surface area contributed by atoms with Crippen LogP contribution in [0.3, 0.4) is 0 Å². The maximum atomic E-state index is 5.43. The summed E-state index contributed by atoms with van der Waals surface area (Å²) in [6, 6.07) is 10.8. The molecule has 1 aliphatic heterocycles. The van der Waals surface area contributed by atoms with Crippen LogP contribution in [0.15, 0.2) is 30.3 Å². The lowest BCUT2D eigenvalue weighted by molar-refractivity contribution is 0.261. The van der Waals surface area contributed by atoms with Gasteiger partial charge in [0.15, 0.2) is 0 Å². The van der Waals surface area contributed by atoms with Crippen molar-refractivity contribution >= 4 is 5.69 Å². The molecule has 1 heterocycles. The van der Waals surface area contributed by atoms with Crippen LogP contribution in [-0.4, -0.2) is 51.8 Å². The Kier molecular flexibility index (Phi) is 6.27. The first kappa shape index (κ1) is 19.6. The second-order valence-corrected chi connectivity index (χ2v) is 7.41. The monoisotopic (exact) mass is 368 g/mol. The fourth-order valence-electron chi connectivity index (χ4n) is 3.91. The fraction of sp³-hybridized carbons (Fsp3) is 0.478. The van der Waals surface area contributed by atoms with Crippen molar-refractivity contribution in [3.8, 4) is 11.5 Å². The van der Waals surface area contributed by atoms with E-state index in [1.165, 1.54) is 27.9 Å². The molecule has 0 radical (unpaired) electrons. The van der Waals surface area contributed by atoms with Crippen LogP contribution in [0.25, 0.3) is 0 Å². The third-order valence-corrected chi connectivity index (χ3v) is 5.88. The quantitative estimate of drug-likeness (QED) is 0.770. The molecule has 1 fully saturated rings. The van der Waals surface area contributed by atoms with Crippen molar-refractivity contribution in [2.75, 3.05) is 51.8 Å². The molecule has 3 rings (SSSR count). The first-order valence-electron chi connectivity index (χ1n) is 9.78. The molecule has 0 aromatic heterocycles. The molecule has 1 saturated heterocycles. The zero-order chi connectivity index (χ0) is 19.4. The highest BCUT2D eigenvalue weighted by Gasteiger charge is 2.18. The molecule has 4 nitrogen and oxygen atoms in total. The highest BCUT2D eigenvalue weighted by molar-refractivity contribution is 5.53. The van der Waals surface area contributed by atoms with Gasteiger partial charge in [-0.3, -0.25) is 4.90 Å². The third-order valence-electron chi connectivity index (χ3n) is 5.88. The SMILES string of the molecule is COc1ccc(N2CCN(CCc3ccc(OC)c(C)c3C)CC2)cc1C. The topological polar surface area (TPSA) is 24.9 Å². The van der Waals surface area contributed by atoms with Gasteiger partial charge in [0.2, 0.25) is 0 Å². The largest absolute Gasteiger partial charge is 0.496 e. The van der Waals surface area contributed by atoms with Crippen LogP contribution in [0, 0.1) is 20.8 Å². The van der Waals surface area contributed by atoms with E-state index in [1.807, 2.05) is 0 Å². The number of hydrogen-bond acceptors (Lipinski definition) is 4. The van der Waals surface area contributed by atoms with E-state index in [0.29, 0.717) is 0 Å². The summed E-state index contributed by atoms with van der Waals surface area (Å²) >= 11 is 0. The smallest absolute Gasteiger partial charge is 0.122 e. The Morgan fingerprint density at radius 2 is 1.48 bits per heavy atom. The van der Waals surface area contributed by atoms with Crippen molar-refractivity contribution in [1.82, 2.24) is 4.90 Å². The minimum Gasteiger partial charge on any atom is -0.496 e. The van der Waals surface area contributed by atoms with Crippen LogP contribution in [0.5, 0.6) is 11.5 Å². The minimum absolute atomic E-state index is 0.961. The van der Waals surface area contributed by atoms with E-state index in [4.69, 9.17) is 9.47 Å². The Hall–Kier alpha value is -2.20. The highest BCUT2D eigenvalue weighted by atomic mass is 16.5. The molecule has 0 saturated carbocycles. The molecular weight excluding hydrogens is 336 g/mol. The molecule has 146 valence electrons. The molecule has 0 amide bonds. The fourth-order valence-corrected chi connectivity index (χ4v) is 3.91. The minimum atomic E-state index is 0.961. The van der Waals surface area contributed by atoms with Crippen LogP contribution in [0.4, 0.5) is 5.69 Å². The summed E-state index contributed by atoms with van der Waals surface area (Å²) < 4.78 is 10.8. The van der Waals surface area contributed by atoms with Gasteiger partial charge in [0.25, 0.3) is 0 Å². The molecular formula is C23H32N2O2. The average Bonchev–Trinajstić information content (AvgIpc) is 2.69. The van der Waals surface area contributed by atoms with Crippen molar-refractivity contribution in [2.45, 2.75) is 27.2 Å². The van der Waals surface area contributed by atoms with Crippen molar-refractivity contribution in [1.29, 1.82) is 0 Å². The molecule has 0 aliphatic carbocycles. The van der Waals surface area contributed by atoms with E-state index in [2.05, 4.69) is 60.9 Å². The Bertz CT molecular complexity index is 780. The zero-order valence-corrected chi connectivity index (χ0v) is 17.3. The molecule has 0 unspecified atom stereocenters. The maximum absolute atomic E-state index is 5.43. The maximum Gasteiger partial charge on any atom is 0.122 e.